The molecular weight excluding hydrogens is 638 g/mol. The van der Waals surface area contributed by atoms with Gasteiger partial charge >= 0.3 is 0 Å². The van der Waals surface area contributed by atoms with Gasteiger partial charge in [-0.15, -0.1) is 0 Å². The first-order chi connectivity index (χ1) is 23.7. The number of pyridine rings is 2. The smallest absolute Gasteiger partial charge is 0.278 e. The number of likely N-dealkylation sites (tertiary alicyclic amines) is 1. The summed E-state index contributed by atoms with van der Waals surface area (Å²) in [6.07, 6.45) is 8.84. The normalized spacial score (nSPS) is 20.5. The highest BCUT2D eigenvalue weighted by Gasteiger charge is 2.45. The van der Waals surface area contributed by atoms with Gasteiger partial charge < -0.3 is 15.4 Å². The summed E-state index contributed by atoms with van der Waals surface area (Å²) in [6.45, 7) is 3.84. The van der Waals surface area contributed by atoms with Crippen LogP contribution >= 0.6 is 11.6 Å². The molecule has 2 saturated heterocycles. The molecule has 8 rings (SSSR count). The van der Waals surface area contributed by atoms with Crippen LogP contribution in [0, 0.1) is 6.92 Å². The lowest BCUT2D eigenvalue weighted by Gasteiger charge is -2.35. The van der Waals surface area contributed by atoms with Gasteiger partial charge in [-0.25, -0.2) is 14.6 Å². The van der Waals surface area contributed by atoms with Gasteiger partial charge in [0.15, 0.2) is 0 Å². The minimum atomic E-state index is -0.219. The van der Waals surface area contributed by atoms with Crippen molar-refractivity contribution in [1.29, 1.82) is 0 Å². The van der Waals surface area contributed by atoms with Crippen LogP contribution in [0.25, 0.3) is 33.2 Å². The molecule has 11 heteroatoms. The largest absolute Gasteiger partial charge is 0.481 e. The molecule has 3 aromatic heterocycles. The lowest BCUT2D eigenvalue weighted by atomic mass is 9.88. The van der Waals surface area contributed by atoms with Crippen LogP contribution in [0.5, 0.6) is 5.88 Å². The summed E-state index contributed by atoms with van der Waals surface area (Å²) in [6, 6.07) is 16.2. The third kappa shape index (κ3) is 5.43. The number of aromatic nitrogens is 4. The Balaban J connectivity index is 1.11. The number of piperidine rings is 1. The molecule has 10 nitrogen and oxygen atoms in total. The molecule has 2 aromatic carbocycles. The highest BCUT2D eigenvalue weighted by molar-refractivity contribution is 6.36. The number of hydrogen-bond donors (Lipinski definition) is 2. The number of nitrogens with one attached hydrogen (secondary N) is 2. The number of nitrogens with zero attached hydrogens (tertiary/aromatic N) is 5. The van der Waals surface area contributed by atoms with Crippen LogP contribution < -0.4 is 20.9 Å². The molecule has 5 heterocycles. The SMILES string of the molecule is COc1nc(-c2cccc(-c3cccc(Nc4nccc5cnn(C)c(=O)c45)c3C)c2Cl)cc2c1C(N1CCC3(CCCC(=O)N3)C1)CC2. The van der Waals surface area contributed by atoms with Crippen LogP contribution in [-0.2, 0) is 18.3 Å². The topological polar surface area (TPSA) is 114 Å². The number of carbonyl (C=O) groups excluding carboxylic acids is 1. The fourth-order valence-electron chi connectivity index (χ4n) is 8.12. The fourth-order valence-corrected chi connectivity index (χ4v) is 8.45. The minimum Gasteiger partial charge on any atom is -0.481 e. The van der Waals surface area contributed by atoms with E-state index in [4.69, 9.17) is 21.3 Å². The molecule has 250 valence electrons. The van der Waals surface area contributed by atoms with Gasteiger partial charge in [0.2, 0.25) is 11.8 Å². The lowest BCUT2D eigenvalue weighted by molar-refractivity contribution is -0.125. The molecule has 5 aromatic rings. The van der Waals surface area contributed by atoms with E-state index in [1.165, 1.54) is 10.2 Å². The molecule has 2 N–H and O–H groups in total. The number of rotatable bonds is 6. The lowest BCUT2D eigenvalue weighted by Crippen LogP contribution is -2.53. The average Bonchev–Trinajstić information content (AvgIpc) is 3.71. The number of benzene rings is 2. The van der Waals surface area contributed by atoms with Crippen LogP contribution in [0.3, 0.4) is 0 Å². The van der Waals surface area contributed by atoms with Gasteiger partial charge in [0.1, 0.15) is 5.82 Å². The minimum absolute atomic E-state index is 0.114. The van der Waals surface area contributed by atoms with Crippen molar-refractivity contribution in [3.8, 4) is 28.3 Å². The number of aryl methyl sites for hydroxylation is 2. The molecular formula is C38H38ClN7O3. The van der Waals surface area contributed by atoms with E-state index in [1.807, 2.05) is 43.3 Å². The number of amides is 1. The van der Waals surface area contributed by atoms with Crippen LogP contribution in [0.15, 0.2) is 65.7 Å². The first kappa shape index (κ1) is 31.5. The van der Waals surface area contributed by atoms with Crippen LogP contribution in [0.2, 0.25) is 5.02 Å². The molecule has 1 amide bonds. The Kier molecular flexibility index (Phi) is 7.88. The van der Waals surface area contributed by atoms with Gasteiger partial charge in [-0.05, 0) is 73.9 Å². The van der Waals surface area contributed by atoms with Crippen LogP contribution in [0.1, 0.15) is 54.8 Å². The number of fused-ring (bicyclic) bond motifs is 2. The summed E-state index contributed by atoms with van der Waals surface area (Å²) >= 11 is 7.24. The molecule has 2 fully saturated rings. The number of hydrogen-bond acceptors (Lipinski definition) is 8. The number of halogens is 1. The van der Waals surface area contributed by atoms with Crippen molar-refractivity contribution in [1.82, 2.24) is 30.0 Å². The maximum atomic E-state index is 13.0. The number of carbonyl (C=O) groups is 1. The Bertz CT molecular complexity index is 2200. The van der Waals surface area contributed by atoms with Crippen LogP contribution in [-0.4, -0.2) is 56.3 Å². The zero-order chi connectivity index (χ0) is 33.9. The van der Waals surface area contributed by atoms with E-state index < -0.39 is 0 Å². The predicted octanol–water partition coefficient (Wildman–Crippen LogP) is 6.50. The maximum Gasteiger partial charge on any atom is 0.278 e. The Morgan fingerprint density at radius 2 is 1.88 bits per heavy atom. The second-order valence-corrected chi connectivity index (χ2v) is 13.9. The molecule has 49 heavy (non-hydrogen) atoms. The third-order valence-corrected chi connectivity index (χ3v) is 11.0. The standard InChI is InChI=1S/C38H38ClN7O3/c1-22-25(7-5-10-28(22)42-35-33-24(14-17-40-35)20-41-45(2)37(33)48)26-8-4-9-27(34(26)39)29-19-23-12-13-30(32(23)36(43-29)49-3)46-18-16-38(21-46)15-6-11-31(47)44-38/h4-5,7-10,14,17,19-20,30H,6,11-13,15-16,18,21H2,1-3H3,(H,40,42)(H,44,47). The van der Waals surface area contributed by atoms with E-state index in [0.29, 0.717) is 28.5 Å². The van der Waals surface area contributed by atoms with Gasteiger partial charge in [-0.1, -0.05) is 41.9 Å². The van der Waals surface area contributed by atoms with Crippen molar-refractivity contribution in [2.24, 2.45) is 7.05 Å². The molecule has 2 aliphatic heterocycles. The number of ether oxygens (including phenoxy) is 1. The van der Waals surface area contributed by atoms with E-state index in [0.717, 1.165) is 89.8 Å². The summed E-state index contributed by atoms with van der Waals surface area (Å²) in [7, 11) is 3.32. The highest BCUT2D eigenvalue weighted by Crippen LogP contribution is 2.47. The third-order valence-electron chi connectivity index (χ3n) is 10.6. The summed E-state index contributed by atoms with van der Waals surface area (Å²) in [5.74, 6) is 1.28. The predicted molar refractivity (Wildman–Crippen MR) is 191 cm³/mol. The summed E-state index contributed by atoms with van der Waals surface area (Å²) < 4.78 is 7.27. The fraction of sp³-hybridized carbons (Fsp3) is 0.342. The molecule has 0 radical (unpaired) electrons. The molecule has 3 aliphatic rings. The van der Waals surface area contributed by atoms with E-state index in [-0.39, 0.29) is 23.0 Å². The van der Waals surface area contributed by atoms with Crippen molar-refractivity contribution in [2.75, 3.05) is 25.5 Å². The summed E-state index contributed by atoms with van der Waals surface area (Å²) in [4.78, 5) is 37.3. The Labute approximate surface area is 289 Å². The molecule has 0 bridgehead atoms. The highest BCUT2D eigenvalue weighted by atomic mass is 35.5. The molecule has 0 saturated carbocycles. The van der Waals surface area contributed by atoms with Crippen molar-refractivity contribution >= 4 is 39.8 Å². The molecule has 2 unspecified atom stereocenters. The molecule has 2 atom stereocenters. The quantitative estimate of drug-likeness (QED) is 0.210. The van der Waals surface area contributed by atoms with Gasteiger partial charge in [0.05, 0.1) is 34.9 Å². The van der Waals surface area contributed by atoms with Gasteiger partial charge in [0.25, 0.3) is 5.56 Å². The second-order valence-electron chi connectivity index (χ2n) is 13.5. The van der Waals surface area contributed by atoms with Crippen molar-refractivity contribution in [2.45, 2.75) is 57.0 Å². The second kappa shape index (κ2) is 12.3. The first-order valence-corrected chi connectivity index (χ1v) is 17.2. The number of anilines is 2. The molecule has 1 spiro atoms. The first-order valence-electron chi connectivity index (χ1n) is 16.8. The van der Waals surface area contributed by atoms with Gasteiger partial charge in [-0.3, -0.25) is 14.5 Å². The maximum absolute atomic E-state index is 13.0. The van der Waals surface area contributed by atoms with Crippen molar-refractivity contribution < 1.29 is 9.53 Å². The van der Waals surface area contributed by atoms with Crippen LogP contribution in [0.4, 0.5) is 11.5 Å². The van der Waals surface area contributed by atoms with E-state index in [2.05, 4.69) is 31.7 Å². The van der Waals surface area contributed by atoms with Crippen molar-refractivity contribution in [3.63, 3.8) is 0 Å². The zero-order valence-corrected chi connectivity index (χ0v) is 28.6. The van der Waals surface area contributed by atoms with Gasteiger partial charge in [-0.2, -0.15) is 5.10 Å². The summed E-state index contributed by atoms with van der Waals surface area (Å²) in [5.41, 5.74) is 7.27. The number of methoxy groups -OCH3 is 1. The summed E-state index contributed by atoms with van der Waals surface area (Å²) in [5, 5.41) is 12.7. The Morgan fingerprint density at radius 1 is 1.06 bits per heavy atom. The Morgan fingerprint density at radius 3 is 2.71 bits per heavy atom. The van der Waals surface area contributed by atoms with E-state index in [9.17, 15) is 9.59 Å². The van der Waals surface area contributed by atoms with E-state index in [1.54, 1.807) is 32.6 Å². The van der Waals surface area contributed by atoms with E-state index >= 15 is 0 Å². The monoisotopic (exact) mass is 675 g/mol. The van der Waals surface area contributed by atoms with Crippen molar-refractivity contribution in [3.05, 3.63) is 93.0 Å². The van der Waals surface area contributed by atoms with Gasteiger partial charge in [0, 0.05) is 66.6 Å². The Hall–Kier alpha value is -4.80. The zero-order valence-electron chi connectivity index (χ0n) is 27.8. The average molecular weight is 676 g/mol. The molecule has 1 aliphatic carbocycles.